The topological polar surface area (TPSA) is 26.0 Å². The number of halogens is 1. The zero-order valence-corrected chi connectivity index (χ0v) is 8.83. The van der Waals surface area contributed by atoms with Crippen LogP contribution in [-0.2, 0) is 6.42 Å². The van der Waals surface area contributed by atoms with E-state index in [9.17, 15) is 4.39 Å². The van der Waals surface area contributed by atoms with Crippen molar-refractivity contribution in [1.82, 2.24) is 0 Å². The SMILES string of the molecule is CC(C)CC(N)Cc1ccccc1F. The van der Waals surface area contributed by atoms with Gasteiger partial charge < -0.3 is 5.73 Å². The van der Waals surface area contributed by atoms with E-state index < -0.39 is 0 Å². The molecule has 0 bridgehead atoms. The highest BCUT2D eigenvalue weighted by Gasteiger charge is 2.09. The molecule has 1 unspecified atom stereocenters. The first-order valence-electron chi connectivity index (χ1n) is 5.08. The Bertz CT molecular complexity index is 283. The van der Waals surface area contributed by atoms with Crippen molar-refractivity contribution in [3.63, 3.8) is 0 Å². The van der Waals surface area contributed by atoms with Crippen LogP contribution in [0.25, 0.3) is 0 Å². The van der Waals surface area contributed by atoms with Crippen molar-refractivity contribution >= 4 is 0 Å². The van der Waals surface area contributed by atoms with Gasteiger partial charge in [0.05, 0.1) is 0 Å². The Labute approximate surface area is 85.1 Å². The second-order valence-electron chi connectivity index (χ2n) is 4.19. The molecule has 2 N–H and O–H groups in total. The smallest absolute Gasteiger partial charge is 0.126 e. The van der Waals surface area contributed by atoms with Gasteiger partial charge in [-0.25, -0.2) is 4.39 Å². The second kappa shape index (κ2) is 5.11. The fraction of sp³-hybridized carbons (Fsp3) is 0.500. The summed E-state index contributed by atoms with van der Waals surface area (Å²) in [5.74, 6) is 0.420. The predicted octanol–water partition coefficient (Wildman–Crippen LogP) is 2.74. The standard InChI is InChI=1S/C12H18FN/c1-9(2)7-11(14)8-10-5-3-4-6-12(10)13/h3-6,9,11H,7-8,14H2,1-2H3. The lowest BCUT2D eigenvalue weighted by Gasteiger charge is -2.14. The van der Waals surface area contributed by atoms with Gasteiger partial charge in [-0.2, -0.15) is 0 Å². The molecule has 78 valence electrons. The minimum atomic E-state index is -0.147. The highest BCUT2D eigenvalue weighted by Crippen LogP contribution is 2.12. The van der Waals surface area contributed by atoms with Crippen LogP contribution in [0.2, 0.25) is 0 Å². The fourth-order valence-corrected chi connectivity index (χ4v) is 1.64. The summed E-state index contributed by atoms with van der Waals surface area (Å²) >= 11 is 0. The summed E-state index contributed by atoms with van der Waals surface area (Å²) in [7, 11) is 0. The van der Waals surface area contributed by atoms with Crippen molar-refractivity contribution in [1.29, 1.82) is 0 Å². The molecule has 0 radical (unpaired) electrons. The Kier molecular flexibility index (Phi) is 4.08. The summed E-state index contributed by atoms with van der Waals surface area (Å²) in [5, 5.41) is 0. The third kappa shape index (κ3) is 3.46. The van der Waals surface area contributed by atoms with Gasteiger partial charge in [-0.15, -0.1) is 0 Å². The zero-order valence-electron chi connectivity index (χ0n) is 8.83. The lowest BCUT2D eigenvalue weighted by atomic mass is 9.98. The Balaban J connectivity index is 2.56. The molecule has 1 atom stereocenters. The van der Waals surface area contributed by atoms with Crippen LogP contribution in [0.3, 0.4) is 0 Å². The quantitative estimate of drug-likeness (QED) is 0.785. The zero-order chi connectivity index (χ0) is 10.6. The van der Waals surface area contributed by atoms with Crippen molar-refractivity contribution < 1.29 is 4.39 Å². The largest absolute Gasteiger partial charge is 0.327 e. The molecule has 0 aliphatic rings. The minimum absolute atomic E-state index is 0.0619. The molecule has 2 heteroatoms. The Morgan fingerprint density at radius 3 is 2.50 bits per heavy atom. The maximum absolute atomic E-state index is 13.2. The first-order chi connectivity index (χ1) is 6.59. The van der Waals surface area contributed by atoms with Crippen molar-refractivity contribution in [3.05, 3.63) is 35.6 Å². The molecule has 1 nitrogen and oxygen atoms in total. The summed E-state index contributed by atoms with van der Waals surface area (Å²) < 4.78 is 13.2. The van der Waals surface area contributed by atoms with E-state index in [-0.39, 0.29) is 11.9 Å². The van der Waals surface area contributed by atoms with Crippen LogP contribution < -0.4 is 5.73 Å². The van der Waals surface area contributed by atoms with Gasteiger partial charge in [-0.05, 0) is 30.4 Å². The van der Waals surface area contributed by atoms with Crippen LogP contribution in [0.4, 0.5) is 4.39 Å². The molecular formula is C12H18FN. The van der Waals surface area contributed by atoms with Gasteiger partial charge in [0.25, 0.3) is 0 Å². The van der Waals surface area contributed by atoms with E-state index in [1.54, 1.807) is 12.1 Å². The van der Waals surface area contributed by atoms with Gasteiger partial charge in [-0.3, -0.25) is 0 Å². The normalized spacial score (nSPS) is 13.2. The van der Waals surface area contributed by atoms with E-state index in [0.717, 1.165) is 12.0 Å². The summed E-state index contributed by atoms with van der Waals surface area (Å²) in [6.45, 7) is 4.25. The first-order valence-corrected chi connectivity index (χ1v) is 5.08. The summed E-state index contributed by atoms with van der Waals surface area (Å²) in [6, 6.07) is 6.90. The molecule has 0 saturated heterocycles. The molecule has 1 rings (SSSR count). The van der Waals surface area contributed by atoms with Gasteiger partial charge in [0.1, 0.15) is 5.82 Å². The monoisotopic (exact) mass is 195 g/mol. The Hall–Kier alpha value is -0.890. The molecule has 0 saturated carbocycles. The van der Waals surface area contributed by atoms with Gasteiger partial charge in [0.15, 0.2) is 0 Å². The van der Waals surface area contributed by atoms with Crippen LogP contribution in [0, 0.1) is 11.7 Å². The maximum Gasteiger partial charge on any atom is 0.126 e. The molecule has 14 heavy (non-hydrogen) atoms. The summed E-state index contributed by atoms with van der Waals surface area (Å²) in [6.07, 6.45) is 1.57. The van der Waals surface area contributed by atoms with Crippen LogP contribution in [-0.4, -0.2) is 6.04 Å². The molecule has 1 aromatic carbocycles. The average Bonchev–Trinajstić information content (AvgIpc) is 2.07. The van der Waals surface area contributed by atoms with Crippen LogP contribution >= 0.6 is 0 Å². The number of rotatable bonds is 4. The van der Waals surface area contributed by atoms with E-state index in [4.69, 9.17) is 5.73 Å². The van der Waals surface area contributed by atoms with Gasteiger partial charge in [-0.1, -0.05) is 32.0 Å². The summed E-state index contributed by atoms with van der Waals surface area (Å²) in [5.41, 5.74) is 6.63. The third-order valence-electron chi connectivity index (χ3n) is 2.21. The molecule has 0 heterocycles. The van der Waals surface area contributed by atoms with Crippen LogP contribution in [0.5, 0.6) is 0 Å². The number of hydrogen-bond acceptors (Lipinski definition) is 1. The average molecular weight is 195 g/mol. The molecule has 0 aliphatic carbocycles. The van der Waals surface area contributed by atoms with Crippen LogP contribution in [0.15, 0.2) is 24.3 Å². The van der Waals surface area contributed by atoms with Crippen molar-refractivity contribution in [2.45, 2.75) is 32.7 Å². The van der Waals surface area contributed by atoms with E-state index in [1.807, 2.05) is 6.07 Å². The van der Waals surface area contributed by atoms with Gasteiger partial charge in [0, 0.05) is 6.04 Å². The molecule has 0 fully saturated rings. The molecule has 0 amide bonds. The van der Waals surface area contributed by atoms with Crippen LogP contribution in [0.1, 0.15) is 25.8 Å². The molecule has 1 aromatic rings. The number of nitrogens with two attached hydrogens (primary N) is 1. The Morgan fingerprint density at radius 1 is 1.29 bits per heavy atom. The fourth-order valence-electron chi connectivity index (χ4n) is 1.64. The van der Waals surface area contributed by atoms with Crippen molar-refractivity contribution in [2.24, 2.45) is 11.7 Å². The maximum atomic E-state index is 13.2. The van der Waals surface area contributed by atoms with Crippen molar-refractivity contribution in [3.8, 4) is 0 Å². The molecular weight excluding hydrogens is 177 g/mol. The van der Waals surface area contributed by atoms with Gasteiger partial charge >= 0.3 is 0 Å². The lowest BCUT2D eigenvalue weighted by Crippen LogP contribution is -2.25. The molecule has 0 spiro atoms. The molecule has 0 aliphatic heterocycles. The summed E-state index contributed by atoms with van der Waals surface area (Å²) in [4.78, 5) is 0. The van der Waals surface area contributed by atoms with E-state index in [1.165, 1.54) is 6.07 Å². The van der Waals surface area contributed by atoms with E-state index in [2.05, 4.69) is 13.8 Å². The lowest BCUT2D eigenvalue weighted by molar-refractivity contribution is 0.485. The highest BCUT2D eigenvalue weighted by atomic mass is 19.1. The molecule has 0 aromatic heterocycles. The minimum Gasteiger partial charge on any atom is -0.327 e. The number of hydrogen-bond donors (Lipinski definition) is 1. The van der Waals surface area contributed by atoms with Gasteiger partial charge in [0.2, 0.25) is 0 Å². The predicted molar refractivity (Wildman–Crippen MR) is 57.5 cm³/mol. The number of benzene rings is 1. The second-order valence-corrected chi connectivity index (χ2v) is 4.19. The first kappa shape index (κ1) is 11.2. The highest BCUT2D eigenvalue weighted by molar-refractivity contribution is 5.18. The third-order valence-corrected chi connectivity index (χ3v) is 2.21. The van der Waals surface area contributed by atoms with Crippen molar-refractivity contribution in [2.75, 3.05) is 0 Å². The van der Waals surface area contributed by atoms with E-state index >= 15 is 0 Å². The Morgan fingerprint density at radius 2 is 1.93 bits per heavy atom. The van der Waals surface area contributed by atoms with E-state index in [0.29, 0.717) is 12.3 Å².